The number of rotatable bonds is 2. The van der Waals surface area contributed by atoms with Gasteiger partial charge in [0.2, 0.25) is 0 Å². The number of hydrogen-bond donors (Lipinski definition) is 0. The minimum absolute atomic E-state index is 0.0325. The van der Waals surface area contributed by atoms with Crippen molar-refractivity contribution in [3.05, 3.63) is 52.7 Å². The number of morpholine rings is 1. The fourth-order valence-electron chi connectivity index (χ4n) is 2.93. The van der Waals surface area contributed by atoms with E-state index < -0.39 is 0 Å². The second kappa shape index (κ2) is 6.35. The van der Waals surface area contributed by atoms with E-state index in [1.165, 1.54) is 0 Å². The van der Waals surface area contributed by atoms with Crippen LogP contribution in [0.2, 0.25) is 0 Å². The maximum Gasteiger partial charge on any atom is 0.169 e. The molecule has 0 radical (unpaired) electrons. The molecule has 0 aliphatic carbocycles. The number of benzene rings is 1. The smallest absolute Gasteiger partial charge is 0.169 e. The Labute approximate surface area is 136 Å². The van der Waals surface area contributed by atoms with E-state index in [-0.39, 0.29) is 12.2 Å². The lowest BCUT2D eigenvalue weighted by Gasteiger charge is -2.38. The fraction of sp³-hybridized carbons (Fsp3) is 0.389. The first-order valence-corrected chi connectivity index (χ1v) is 7.79. The average Bonchev–Trinajstić information content (AvgIpc) is 2.57. The molecule has 0 saturated carbocycles. The summed E-state index contributed by atoms with van der Waals surface area (Å²) >= 11 is 0. The van der Waals surface area contributed by atoms with Crippen LogP contribution in [0.3, 0.4) is 0 Å². The molecule has 0 unspecified atom stereocenters. The molecule has 2 atom stereocenters. The Hall–Kier alpha value is -2.45. The highest BCUT2D eigenvalue weighted by atomic mass is 16.5. The summed E-state index contributed by atoms with van der Waals surface area (Å²) in [4.78, 5) is 2.11. The zero-order valence-corrected chi connectivity index (χ0v) is 13.7. The van der Waals surface area contributed by atoms with Crippen molar-refractivity contribution in [1.82, 2.24) is 10.2 Å². The molecule has 1 aromatic carbocycles. The van der Waals surface area contributed by atoms with Crippen LogP contribution in [-0.2, 0) is 4.74 Å². The van der Waals surface area contributed by atoms with Gasteiger partial charge in [0.25, 0.3) is 0 Å². The maximum absolute atomic E-state index is 9.53. The van der Waals surface area contributed by atoms with Crippen molar-refractivity contribution in [2.24, 2.45) is 0 Å². The topological polar surface area (TPSA) is 62.0 Å². The van der Waals surface area contributed by atoms with Gasteiger partial charge in [-0.05, 0) is 31.9 Å². The van der Waals surface area contributed by atoms with Gasteiger partial charge in [-0.2, -0.15) is 10.4 Å². The molecule has 1 aromatic heterocycles. The van der Waals surface area contributed by atoms with E-state index in [1.54, 1.807) is 0 Å². The summed E-state index contributed by atoms with van der Waals surface area (Å²) in [6.07, 6.45) is 0.0267. The second-order valence-corrected chi connectivity index (χ2v) is 5.97. The Bertz CT molecular complexity index is 739. The molecule has 1 aliphatic heterocycles. The molecular weight excluding hydrogens is 288 g/mol. The van der Waals surface area contributed by atoms with Crippen LogP contribution in [0.5, 0.6) is 0 Å². The number of nitriles is 1. The van der Waals surface area contributed by atoms with E-state index in [1.807, 2.05) is 39.0 Å². The summed E-state index contributed by atoms with van der Waals surface area (Å²) in [5, 5.41) is 18.0. The lowest BCUT2D eigenvalue weighted by Crippen LogP contribution is -2.43. The highest BCUT2D eigenvalue weighted by Crippen LogP contribution is 2.30. The first-order valence-electron chi connectivity index (χ1n) is 7.79. The van der Waals surface area contributed by atoms with Crippen molar-refractivity contribution in [3.63, 3.8) is 0 Å². The molecule has 5 heteroatoms. The molecule has 2 heterocycles. The van der Waals surface area contributed by atoms with Crippen molar-refractivity contribution >= 4 is 5.82 Å². The number of aryl methyl sites for hydroxylation is 1. The minimum atomic E-state index is -0.0325. The van der Waals surface area contributed by atoms with Crippen LogP contribution in [0.15, 0.2) is 30.3 Å². The van der Waals surface area contributed by atoms with Crippen molar-refractivity contribution in [1.29, 1.82) is 5.26 Å². The summed E-state index contributed by atoms with van der Waals surface area (Å²) in [5.74, 6) is 0.659. The molecule has 0 N–H and O–H groups in total. The molecule has 1 aliphatic rings. The SMILES string of the molecule is Cc1nnc(N2C[C@@H](c3ccccc3)O[C@@H](C)C2)c(C#N)c1C. The molecule has 3 rings (SSSR count). The number of anilines is 1. The zero-order valence-electron chi connectivity index (χ0n) is 13.7. The number of hydrogen-bond acceptors (Lipinski definition) is 5. The van der Waals surface area contributed by atoms with Crippen LogP contribution in [0.25, 0.3) is 0 Å². The van der Waals surface area contributed by atoms with Crippen molar-refractivity contribution in [2.45, 2.75) is 33.0 Å². The highest BCUT2D eigenvalue weighted by Gasteiger charge is 2.29. The lowest BCUT2D eigenvalue weighted by atomic mass is 10.1. The third-order valence-electron chi connectivity index (χ3n) is 4.28. The predicted molar refractivity (Wildman–Crippen MR) is 88.2 cm³/mol. The van der Waals surface area contributed by atoms with Gasteiger partial charge in [-0.3, -0.25) is 0 Å². The monoisotopic (exact) mass is 308 g/mol. The van der Waals surface area contributed by atoms with Gasteiger partial charge in [-0.1, -0.05) is 30.3 Å². The van der Waals surface area contributed by atoms with Crippen molar-refractivity contribution in [2.75, 3.05) is 18.0 Å². The molecule has 0 amide bonds. The highest BCUT2D eigenvalue weighted by molar-refractivity contribution is 5.58. The number of ether oxygens (including phenoxy) is 1. The lowest BCUT2D eigenvalue weighted by molar-refractivity contribution is -0.0176. The van der Waals surface area contributed by atoms with Gasteiger partial charge < -0.3 is 9.64 Å². The summed E-state index contributed by atoms with van der Waals surface area (Å²) < 4.78 is 6.08. The van der Waals surface area contributed by atoms with Gasteiger partial charge in [0.1, 0.15) is 17.7 Å². The quantitative estimate of drug-likeness (QED) is 0.853. The third-order valence-corrected chi connectivity index (χ3v) is 4.28. The van der Waals surface area contributed by atoms with Gasteiger partial charge in [-0.15, -0.1) is 5.10 Å². The largest absolute Gasteiger partial charge is 0.367 e. The van der Waals surface area contributed by atoms with E-state index in [0.717, 1.165) is 16.8 Å². The predicted octanol–water partition coefficient (Wildman–Crippen LogP) is 2.93. The minimum Gasteiger partial charge on any atom is -0.367 e. The molecule has 1 fully saturated rings. The number of nitrogens with zero attached hydrogens (tertiary/aromatic N) is 4. The van der Waals surface area contributed by atoms with E-state index >= 15 is 0 Å². The molecule has 0 bridgehead atoms. The number of aromatic nitrogens is 2. The van der Waals surface area contributed by atoms with Gasteiger partial charge in [-0.25, -0.2) is 0 Å². The van der Waals surface area contributed by atoms with Gasteiger partial charge in [0, 0.05) is 13.1 Å². The van der Waals surface area contributed by atoms with Crippen molar-refractivity contribution < 1.29 is 4.74 Å². The van der Waals surface area contributed by atoms with Gasteiger partial charge >= 0.3 is 0 Å². The maximum atomic E-state index is 9.53. The van der Waals surface area contributed by atoms with Crippen LogP contribution in [0.4, 0.5) is 5.82 Å². The van der Waals surface area contributed by atoms with E-state index in [0.29, 0.717) is 24.5 Å². The third kappa shape index (κ3) is 3.03. The Kier molecular flexibility index (Phi) is 4.26. The van der Waals surface area contributed by atoms with Crippen LogP contribution in [0, 0.1) is 25.2 Å². The Morgan fingerprint density at radius 1 is 1.17 bits per heavy atom. The van der Waals surface area contributed by atoms with Gasteiger partial charge in [0.15, 0.2) is 5.82 Å². The van der Waals surface area contributed by atoms with E-state index in [9.17, 15) is 5.26 Å². The first-order chi connectivity index (χ1) is 11.1. The molecule has 118 valence electrons. The van der Waals surface area contributed by atoms with Crippen LogP contribution in [-0.4, -0.2) is 29.4 Å². The first kappa shape index (κ1) is 15.4. The molecule has 0 spiro atoms. The zero-order chi connectivity index (χ0) is 16.4. The average molecular weight is 308 g/mol. The van der Waals surface area contributed by atoms with Crippen LogP contribution < -0.4 is 4.90 Å². The van der Waals surface area contributed by atoms with Gasteiger partial charge in [0.05, 0.1) is 11.8 Å². The summed E-state index contributed by atoms with van der Waals surface area (Å²) in [5.41, 5.74) is 3.44. The second-order valence-electron chi connectivity index (χ2n) is 5.97. The fourth-order valence-corrected chi connectivity index (χ4v) is 2.93. The summed E-state index contributed by atoms with van der Waals surface area (Å²) in [7, 11) is 0. The molecular formula is C18H20N4O. The Balaban J connectivity index is 1.94. The molecule has 1 saturated heterocycles. The normalized spacial score (nSPS) is 21.0. The molecule has 23 heavy (non-hydrogen) atoms. The molecule has 2 aromatic rings. The summed E-state index contributed by atoms with van der Waals surface area (Å²) in [6.45, 7) is 7.21. The van der Waals surface area contributed by atoms with E-state index in [4.69, 9.17) is 4.74 Å². The Morgan fingerprint density at radius 2 is 1.91 bits per heavy atom. The molecule has 5 nitrogen and oxygen atoms in total. The summed E-state index contributed by atoms with van der Waals surface area (Å²) in [6, 6.07) is 12.4. The van der Waals surface area contributed by atoms with Crippen molar-refractivity contribution in [3.8, 4) is 6.07 Å². The standard InChI is InChI=1S/C18H20N4O/c1-12-10-22(11-17(23-12)15-7-5-4-6-8-15)18-16(9-19)13(2)14(3)20-21-18/h4-8,12,17H,10-11H2,1-3H3/t12-,17-/m0/s1. The van der Waals surface area contributed by atoms with E-state index in [2.05, 4.69) is 33.3 Å². The van der Waals surface area contributed by atoms with Crippen LogP contribution in [0.1, 0.15) is 35.4 Å². The van der Waals surface area contributed by atoms with Crippen LogP contribution >= 0.6 is 0 Å². The Morgan fingerprint density at radius 3 is 2.61 bits per heavy atom.